The zero-order valence-corrected chi connectivity index (χ0v) is 14.6. The van der Waals surface area contributed by atoms with Crippen LogP contribution in [0, 0.1) is 29.1 Å². The number of carbonyl (C=O) groups excluding carboxylic acids is 1. The molecule has 0 spiro atoms. The number of urea groups is 1. The molecule has 0 aliphatic heterocycles. The molecule has 0 heterocycles. The summed E-state index contributed by atoms with van der Waals surface area (Å²) in [6, 6.07) is -1.18. The van der Waals surface area contributed by atoms with E-state index in [1.165, 1.54) is 0 Å². The lowest BCUT2D eigenvalue weighted by Crippen LogP contribution is -2.53. The van der Waals surface area contributed by atoms with Crippen LogP contribution in [0.15, 0.2) is 0 Å². The number of anilines is 1. The number of hydrogen-bond acceptors (Lipinski definition) is 2. The van der Waals surface area contributed by atoms with E-state index in [1.807, 2.05) is 0 Å². The lowest BCUT2D eigenvalue weighted by Gasteiger charge is -2.33. The van der Waals surface area contributed by atoms with E-state index in [-0.39, 0.29) is 17.3 Å². The minimum atomic E-state index is -2.91. The molecular formula is C14H19F5N2O2Si. The first-order valence-electron chi connectivity index (χ1n) is 7.22. The largest absolute Gasteiger partial charge is 0.429 e. The summed E-state index contributed by atoms with van der Waals surface area (Å²) >= 11 is 0. The maximum Gasteiger partial charge on any atom is 0.319 e. The minimum Gasteiger partial charge on any atom is -0.429 e. The van der Waals surface area contributed by atoms with Gasteiger partial charge in [0.05, 0.1) is 0 Å². The van der Waals surface area contributed by atoms with Gasteiger partial charge in [-0.25, -0.2) is 26.7 Å². The van der Waals surface area contributed by atoms with Crippen LogP contribution in [0.5, 0.6) is 0 Å². The molecule has 0 aliphatic rings. The van der Waals surface area contributed by atoms with E-state index in [2.05, 4.69) is 5.32 Å². The maximum atomic E-state index is 13.5. The van der Waals surface area contributed by atoms with Crippen molar-refractivity contribution in [3.05, 3.63) is 29.1 Å². The summed E-state index contributed by atoms with van der Waals surface area (Å²) in [6.45, 7) is 7.09. The van der Waals surface area contributed by atoms with E-state index >= 15 is 0 Å². The topological polar surface area (TPSA) is 61.4 Å². The molecule has 0 aromatic heterocycles. The standard InChI is InChI=1S/C14H19F5N2O2Si/c1-6(2)24(23,7(3)4)5-20-14(22)21-13-11(18)9(16)8(15)10(17)12(13)19/h6-7,23H,5H2,1-4H3,(H2,20,21,22). The Balaban J connectivity index is 2.95. The van der Waals surface area contributed by atoms with E-state index in [9.17, 15) is 31.5 Å². The van der Waals surface area contributed by atoms with Crippen LogP contribution in [-0.2, 0) is 0 Å². The summed E-state index contributed by atoms with van der Waals surface area (Å²) < 4.78 is 66.1. The molecule has 1 aromatic rings. The van der Waals surface area contributed by atoms with Gasteiger partial charge in [-0.3, -0.25) is 0 Å². The van der Waals surface area contributed by atoms with Crippen LogP contribution in [0.25, 0.3) is 0 Å². The fourth-order valence-electron chi connectivity index (χ4n) is 2.17. The SMILES string of the molecule is CC(C)[Si](O)(CNC(=O)Nc1c(F)c(F)c(F)c(F)c1F)C(C)C. The van der Waals surface area contributed by atoms with Gasteiger partial charge in [0, 0.05) is 6.17 Å². The van der Waals surface area contributed by atoms with Crippen molar-refractivity contribution in [2.24, 2.45) is 0 Å². The molecule has 0 aliphatic carbocycles. The lowest BCUT2D eigenvalue weighted by molar-refractivity contribution is 0.252. The van der Waals surface area contributed by atoms with Gasteiger partial charge in [-0.2, -0.15) is 0 Å². The van der Waals surface area contributed by atoms with Crippen LogP contribution in [0.4, 0.5) is 32.4 Å². The molecule has 1 aromatic carbocycles. The number of rotatable bonds is 5. The third-order valence-electron chi connectivity index (χ3n) is 3.98. The average Bonchev–Trinajstić information content (AvgIpc) is 2.52. The van der Waals surface area contributed by atoms with Crippen molar-refractivity contribution in [1.82, 2.24) is 5.32 Å². The first-order chi connectivity index (χ1) is 10.9. The first kappa shape index (κ1) is 20.4. The number of benzene rings is 1. The van der Waals surface area contributed by atoms with Gasteiger partial charge in [0.25, 0.3) is 0 Å². The van der Waals surface area contributed by atoms with Crippen molar-refractivity contribution >= 4 is 20.0 Å². The Kier molecular flexibility index (Phi) is 6.34. The summed E-state index contributed by atoms with van der Waals surface area (Å²) in [4.78, 5) is 22.3. The number of halogens is 5. The molecule has 0 atom stereocenters. The molecular weight excluding hydrogens is 351 g/mol. The molecule has 0 bridgehead atoms. The second-order valence-electron chi connectivity index (χ2n) is 6.05. The lowest BCUT2D eigenvalue weighted by atomic mass is 10.2. The summed E-state index contributed by atoms with van der Waals surface area (Å²) in [5.74, 6) is -10.9. The fraction of sp³-hybridized carbons (Fsp3) is 0.500. The monoisotopic (exact) mass is 370 g/mol. The van der Waals surface area contributed by atoms with Gasteiger partial charge in [0.2, 0.25) is 14.1 Å². The Morgan fingerprint density at radius 3 is 1.67 bits per heavy atom. The fourth-order valence-corrected chi connectivity index (χ4v) is 4.76. The number of nitrogens with one attached hydrogen (secondary N) is 2. The van der Waals surface area contributed by atoms with E-state index in [0.717, 1.165) is 0 Å². The highest BCUT2D eigenvalue weighted by Crippen LogP contribution is 2.29. The van der Waals surface area contributed by atoms with Crippen LogP contribution in [0.1, 0.15) is 27.7 Å². The van der Waals surface area contributed by atoms with Crippen molar-refractivity contribution in [2.45, 2.75) is 38.8 Å². The summed E-state index contributed by atoms with van der Waals surface area (Å²) in [7, 11) is -2.91. The van der Waals surface area contributed by atoms with Crippen molar-refractivity contribution < 1.29 is 31.5 Å². The molecule has 24 heavy (non-hydrogen) atoms. The van der Waals surface area contributed by atoms with E-state index < -0.39 is 49.1 Å². The Bertz CT molecular complexity index is 603. The van der Waals surface area contributed by atoms with Gasteiger partial charge in [0.15, 0.2) is 23.3 Å². The van der Waals surface area contributed by atoms with Gasteiger partial charge in [-0.05, 0) is 11.1 Å². The van der Waals surface area contributed by atoms with Crippen LogP contribution >= 0.6 is 0 Å². The van der Waals surface area contributed by atoms with Crippen molar-refractivity contribution in [3.8, 4) is 0 Å². The molecule has 0 radical (unpaired) electrons. The number of hydrogen-bond donors (Lipinski definition) is 3. The van der Waals surface area contributed by atoms with Gasteiger partial charge >= 0.3 is 6.03 Å². The van der Waals surface area contributed by atoms with E-state index in [4.69, 9.17) is 0 Å². The van der Waals surface area contributed by atoms with Crippen LogP contribution in [0.2, 0.25) is 11.1 Å². The second kappa shape index (κ2) is 7.47. The van der Waals surface area contributed by atoms with Gasteiger partial charge in [-0.15, -0.1) is 0 Å². The smallest absolute Gasteiger partial charge is 0.319 e. The summed E-state index contributed by atoms with van der Waals surface area (Å²) in [5, 5.41) is 3.83. The highest BCUT2D eigenvalue weighted by atomic mass is 28.4. The van der Waals surface area contributed by atoms with Crippen molar-refractivity contribution in [2.75, 3.05) is 11.5 Å². The highest BCUT2D eigenvalue weighted by molar-refractivity contribution is 6.75. The molecule has 0 saturated carbocycles. The molecule has 0 fully saturated rings. The summed E-state index contributed by atoms with van der Waals surface area (Å²) in [5.41, 5.74) is -1.68. The molecule has 3 N–H and O–H groups in total. The zero-order chi connectivity index (χ0) is 18.8. The normalized spacial score (nSPS) is 12.0. The van der Waals surface area contributed by atoms with Crippen molar-refractivity contribution in [1.29, 1.82) is 0 Å². The Hall–Kier alpha value is -1.68. The van der Waals surface area contributed by atoms with Crippen LogP contribution < -0.4 is 10.6 Å². The van der Waals surface area contributed by atoms with Crippen molar-refractivity contribution in [3.63, 3.8) is 0 Å². The van der Waals surface area contributed by atoms with Crippen LogP contribution in [-0.4, -0.2) is 25.3 Å². The Morgan fingerprint density at radius 2 is 1.29 bits per heavy atom. The minimum absolute atomic E-state index is 0.119. The quantitative estimate of drug-likeness (QED) is 0.320. The van der Waals surface area contributed by atoms with Crippen LogP contribution in [0.3, 0.4) is 0 Å². The average molecular weight is 370 g/mol. The maximum absolute atomic E-state index is 13.5. The second-order valence-corrected chi connectivity index (χ2v) is 10.7. The predicted octanol–water partition coefficient (Wildman–Crippen LogP) is 3.80. The third-order valence-corrected chi connectivity index (χ3v) is 8.72. The zero-order valence-electron chi connectivity index (χ0n) is 13.6. The Morgan fingerprint density at radius 1 is 0.917 bits per heavy atom. The predicted molar refractivity (Wildman–Crippen MR) is 81.4 cm³/mol. The Labute approximate surface area is 137 Å². The number of amides is 2. The number of carbonyl (C=O) groups is 1. The molecule has 1 rings (SSSR count). The van der Waals surface area contributed by atoms with E-state index in [0.29, 0.717) is 0 Å². The molecule has 0 saturated heterocycles. The molecule has 136 valence electrons. The molecule has 2 amide bonds. The molecule has 4 nitrogen and oxygen atoms in total. The van der Waals surface area contributed by atoms with Gasteiger partial charge in [0.1, 0.15) is 5.69 Å². The summed E-state index contributed by atoms with van der Waals surface area (Å²) in [6.07, 6.45) is -0.135. The highest BCUT2D eigenvalue weighted by Gasteiger charge is 2.39. The third kappa shape index (κ3) is 3.86. The molecule has 0 unspecified atom stereocenters. The van der Waals surface area contributed by atoms with E-state index in [1.54, 1.807) is 33.0 Å². The van der Waals surface area contributed by atoms with Gasteiger partial charge < -0.3 is 15.4 Å². The van der Waals surface area contributed by atoms with Gasteiger partial charge in [-0.1, -0.05) is 27.7 Å². The molecule has 10 heteroatoms. The first-order valence-corrected chi connectivity index (χ1v) is 9.53.